The van der Waals surface area contributed by atoms with E-state index in [1.54, 1.807) is 0 Å². The molecule has 5 heteroatoms. The Morgan fingerprint density at radius 2 is 0.640 bits per heavy atom. The first-order valence-electron chi connectivity index (χ1n) is 35.1. The van der Waals surface area contributed by atoms with Crippen molar-refractivity contribution in [2.75, 3.05) is 0 Å². The molecule has 0 heterocycles. The summed E-state index contributed by atoms with van der Waals surface area (Å²) in [4.78, 5) is 0. The van der Waals surface area contributed by atoms with E-state index in [0.29, 0.717) is 0 Å². The number of rotatable bonds is 16. The van der Waals surface area contributed by atoms with E-state index in [4.69, 9.17) is 23.7 Å². The Labute approximate surface area is 537 Å². The van der Waals surface area contributed by atoms with Gasteiger partial charge in [-0.3, -0.25) is 0 Å². The van der Waals surface area contributed by atoms with E-state index in [9.17, 15) is 0 Å². The summed E-state index contributed by atoms with van der Waals surface area (Å²) < 4.78 is 31.6. The van der Waals surface area contributed by atoms with E-state index in [2.05, 4.69) is 152 Å². The summed E-state index contributed by atoms with van der Waals surface area (Å²) in [6, 6.07) is 41.5. The van der Waals surface area contributed by atoms with Gasteiger partial charge in [0.15, 0.2) is 0 Å². The smallest absolute Gasteiger partial charge is 0.120 e. The van der Waals surface area contributed by atoms with Crippen molar-refractivity contribution in [1.82, 2.24) is 0 Å². The van der Waals surface area contributed by atoms with Crippen LogP contribution in [0.4, 0.5) is 0 Å². The molecule has 17 rings (SSSR count). The van der Waals surface area contributed by atoms with E-state index in [1.165, 1.54) is 148 Å². The topological polar surface area (TPSA) is 46.2 Å². The van der Waals surface area contributed by atoms with Crippen LogP contribution in [-0.2, 0) is 0 Å². The van der Waals surface area contributed by atoms with Crippen molar-refractivity contribution in [1.29, 1.82) is 0 Å². The van der Waals surface area contributed by atoms with Gasteiger partial charge in [0.25, 0.3) is 0 Å². The first kappa shape index (κ1) is 64.3. The first-order chi connectivity index (χ1) is 43.0. The van der Waals surface area contributed by atoms with Crippen LogP contribution in [0, 0.1) is 59.2 Å². The van der Waals surface area contributed by atoms with Gasteiger partial charge in [-0.15, -0.1) is 0 Å². The van der Waals surface area contributed by atoms with Crippen molar-refractivity contribution in [3.8, 4) is 28.7 Å². The predicted molar refractivity (Wildman–Crippen MR) is 374 cm³/mol. The minimum atomic E-state index is 0.0495. The maximum Gasteiger partial charge on any atom is 0.120 e. The third kappa shape index (κ3) is 15.3. The quantitative estimate of drug-likeness (QED) is 0.0985. The summed E-state index contributed by atoms with van der Waals surface area (Å²) in [6.45, 7) is 30.3. The molecule has 5 aromatic carbocycles. The number of fused-ring (bicyclic) bond motifs is 2. The molecule has 0 spiro atoms. The van der Waals surface area contributed by atoms with Crippen molar-refractivity contribution in [3.63, 3.8) is 0 Å². The highest BCUT2D eigenvalue weighted by Crippen LogP contribution is 2.62. The maximum atomic E-state index is 6.69. The van der Waals surface area contributed by atoms with Gasteiger partial charge in [-0.05, 0) is 323 Å². The van der Waals surface area contributed by atoms with E-state index >= 15 is 0 Å². The summed E-state index contributed by atoms with van der Waals surface area (Å²) in [5.74, 6) is 13.9. The SMILES string of the molecule is C=Cc1ccc(OC2(C)C3CC4CC(C3)CC2C4)cc1.C=Cc1ccc(OC2(C)CC3CCC2C3)cc1.C=Cc1ccc(OC2(C)CCCC2)cc1.C=Cc1ccc(OC2(C)CCCCC2)cc1.C=Cc1ccc(OC2(CC)C3CC4CC(C3)CC2C4)cc1. The lowest BCUT2D eigenvalue weighted by molar-refractivity contribution is -0.157. The Hall–Kier alpha value is -6.20. The number of hydrogen-bond acceptors (Lipinski definition) is 5. The summed E-state index contributed by atoms with van der Waals surface area (Å²) in [5, 5.41) is 0. The molecule has 5 aromatic rings. The van der Waals surface area contributed by atoms with Crippen LogP contribution in [0.3, 0.4) is 0 Å². The zero-order valence-corrected chi connectivity index (χ0v) is 55.3. The molecule has 12 aliphatic carbocycles. The minimum Gasteiger partial charge on any atom is -0.488 e. The zero-order valence-electron chi connectivity index (χ0n) is 55.3. The summed E-state index contributed by atoms with van der Waals surface area (Å²) in [5.41, 5.74) is 6.13. The molecule has 474 valence electrons. The molecular formula is C84H108O5. The molecular weight excluding hydrogens is 1090 g/mol. The normalized spacial score (nSPS) is 32.1. The van der Waals surface area contributed by atoms with Crippen LogP contribution >= 0.6 is 0 Å². The molecule has 0 N–H and O–H groups in total. The Bertz CT molecular complexity index is 3060. The number of benzene rings is 5. The van der Waals surface area contributed by atoms with Crippen LogP contribution in [0.25, 0.3) is 30.4 Å². The highest BCUT2D eigenvalue weighted by molar-refractivity contribution is 5.51. The van der Waals surface area contributed by atoms with Crippen molar-refractivity contribution < 1.29 is 23.7 Å². The third-order valence-electron chi connectivity index (χ3n) is 23.8. The second-order valence-electron chi connectivity index (χ2n) is 30.0. The van der Waals surface area contributed by atoms with Crippen LogP contribution in [-0.4, -0.2) is 28.0 Å². The van der Waals surface area contributed by atoms with Gasteiger partial charge in [-0.25, -0.2) is 0 Å². The van der Waals surface area contributed by atoms with Crippen LogP contribution in [0.5, 0.6) is 28.7 Å². The zero-order chi connectivity index (χ0) is 62.2. The molecule has 12 saturated carbocycles. The lowest BCUT2D eigenvalue weighted by atomic mass is 9.49. The van der Waals surface area contributed by atoms with Gasteiger partial charge in [0.1, 0.15) is 56.8 Å². The van der Waals surface area contributed by atoms with Gasteiger partial charge in [-0.2, -0.15) is 0 Å². The highest BCUT2D eigenvalue weighted by atomic mass is 16.5. The van der Waals surface area contributed by atoms with Crippen molar-refractivity contribution in [2.45, 2.75) is 217 Å². The second kappa shape index (κ2) is 28.1. The second-order valence-corrected chi connectivity index (χ2v) is 30.0. The Morgan fingerprint density at radius 3 is 0.955 bits per heavy atom. The van der Waals surface area contributed by atoms with Crippen LogP contribution in [0.2, 0.25) is 0 Å². The number of hydrogen-bond donors (Lipinski definition) is 0. The molecule has 0 aliphatic heterocycles. The van der Waals surface area contributed by atoms with Gasteiger partial charge in [0, 0.05) is 0 Å². The molecule has 0 radical (unpaired) electrons. The van der Waals surface area contributed by atoms with E-state index in [-0.39, 0.29) is 28.0 Å². The summed E-state index contributed by atoms with van der Waals surface area (Å²) >= 11 is 0. The average molecular weight is 1200 g/mol. The molecule has 0 aromatic heterocycles. The molecule has 12 aliphatic rings. The van der Waals surface area contributed by atoms with Crippen LogP contribution in [0.1, 0.15) is 217 Å². The van der Waals surface area contributed by atoms with Crippen molar-refractivity contribution >= 4 is 30.4 Å². The molecule has 3 unspecified atom stereocenters. The van der Waals surface area contributed by atoms with Gasteiger partial charge in [0.2, 0.25) is 0 Å². The Balaban J connectivity index is 0.000000115. The first-order valence-corrected chi connectivity index (χ1v) is 35.1. The van der Waals surface area contributed by atoms with Gasteiger partial charge >= 0.3 is 0 Å². The molecule has 89 heavy (non-hydrogen) atoms. The highest BCUT2D eigenvalue weighted by Gasteiger charge is 2.59. The Kier molecular flexibility index (Phi) is 20.3. The number of ether oxygens (including phenoxy) is 5. The van der Waals surface area contributed by atoms with Crippen molar-refractivity contribution in [2.24, 2.45) is 59.2 Å². The largest absolute Gasteiger partial charge is 0.488 e. The monoisotopic (exact) mass is 1200 g/mol. The third-order valence-corrected chi connectivity index (χ3v) is 23.8. The van der Waals surface area contributed by atoms with Crippen LogP contribution in [0.15, 0.2) is 154 Å². The van der Waals surface area contributed by atoms with Crippen LogP contribution < -0.4 is 23.7 Å². The average Bonchev–Trinajstić information content (AvgIpc) is 1.49. The van der Waals surface area contributed by atoms with Crippen molar-refractivity contribution in [3.05, 3.63) is 182 Å². The van der Waals surface area contributed by atoms with E-state index < -0.39 is 0 Å². The predicted octanol–water partition coefficient (Wildman–Crippen LogP) is 23.0. The molecule has 10 bridgehead atoms. The fourth-order valence-electron chi connectivity index (χ4n) is 19.1. The summed E-state index contributed by atoms with van der Waals surface area (Å²) in [6.07, 6.45) is 41.3. The van der Waals surface area contributed by atoms with E-state index in [0.717, 1.165) is 122 Å². The molecule has 12 fully saturated rings. The Morgan fingerprint density at radius 1 is 0.337 bits per heavy atom. The lowest BCUT2D eigenvalue weighted by Gasteiger charge is -2.60. The summed E-state index contributed by atoms with van der Waals surface area (Å²) in [7, 11) is 0. The fraction of sp³-hybridized carbons (Fsp3) is 0.524. The molecule has 0 saturated heterocycles. The van der Waals surface area contributed by atoms with E-state index in [1.807, 2.05) is 66.8 Å². The fourth-order valence-corrected chi connectivity index (χ4v) is 19.1. The standard InChI is InChI=1S/C20H26O.C19H24O.C16H20O.C15H20O.C14H18O/c1-3-14-5-7-19(8-6-14)21-20(4-2)17-10-15-9-16(12-17)13-18(20)11-15;1-3-13-4-6-18(7-5-13)20-19(2)16-9-14-8-15(11-16)12-17(19)10-14;1-3-12-5-8-15(9-6-12)17-16(2)11-13-4-7-14(16)10-13;1-3-13-7-9-14(10-8-13)16-15(2)11-5-4-6-12-15;1-3-12-6-8-13(9-7-12)15-14(2)10-4-5-11-14/h3,5-8,15-18H,1,4,9-13H2,2H3;3-7,14-17H,1,8-12H2,2H3;3,5-6,8-9,13-14H,1,4,7,10-11H2,2H3;3,7-10H,1,4-6,11-12H2,2H3;3,6-9H,1,4-5,10-11H2,2H3. The molecule has 3 atom stereocenters. The molecule has 5 nitrogen and oxygen atoms in total. The van der Waals surface area contributed by atoms with Gasteiger partial charge < -0.3 is 23.7 Å². The maximum absolute atomic E-state index is 6.69. The minimum absolute atomic E-state index is 0.0495. The molecule has 0 amide bonds. The van der Waals surface area contributed by atoms with Gasteiger partial charge in [-0.1, -0.05) is 137 Å². The lowest BCUT2D eigenvalue weighted by Crippen LogP contribution is -2.60. The van der Waals surface area contributed by atoms with Gasteiger partial charge in [0.05, 0.1) is 0 Å².